The maximum absolute atomic E-state index is 12.9. The van der Waals surface area contributed by atoms with Crippen LogP contribution in [-0.4, -0.2) is 12.6 Å². The molecular weight excluding hydrogens is 198 g/mol. The molecule has 0 aromatic carbocycles. The van der Waals surface area contributed by atoms with Crippen molar-refractivity contribution in [2.45, 2.75) is 13.8 Å². The Kier molecular flexibility index (Phi) is 2.98. The Morgan fingerprint density at radius 1 is 1.54 bits per heavy atom. The van der Waals surface area contributed by atoms with E-state index in [1.165, 1.54) is 6.92 Å². The maximum Gasteiger partial charge on any atom is 0.342 e. The SMILES string of the molecule is CCOC(=O)c1c(C)sc(F)c1F. The minimum atomic E-state index is -1.11. The number of ether oxygens (including phenoxy) is 1. The number of carbonyl (C=O) groups is 1. The van der Waals surface area contributed by atoms with E-state index in [-0.39, 0.29) is 12.2 Å². The van der Waals surface area contributed by atoms with Crippen molar-refractivity contribution < 1.29 is 18.3 Å². The summed E-state index contributed by atoms with van der Waals surface area (Å²) >= 11 is 0.608. The number of thiophene rings is 1. The van der Waals surface area contributed by atoms with Crippen molar-refractivity contribution in [2.24, 2.45) is 0 Å². The Balaban J connectivity index is 3.06. The summed E-state index contributed by atoms with van der Waals surface area (Å²) in [7, 11) is 0. The molecule has 0 bridgehead atoms. The van der Waals surface area contributed by atoms with E-state index in [1.54, 1.807) is 6.92 Å². The molecule has 0 N–H and O–H groups in total. The summed E-state index contributed by atoms with van der Waals surface area (Å²) in [5, 5.41) is -0.972. The van der Waals surface area contributed by atoms with Gasteiger partial charge in [-0.15, -0.1) is 11.3 Å². The quantitative estimate of drug-likeness (QED) is 0.695. The molecule has 0 fully saturated rings. The molecule has 0 saturated heterocycles. The second-order valence-electron chi connectivity index (χ2n) is 2.34. The van der Waals surface area contributed by atoms with Gasteiger partial charge in [0.1, 0.15) is 5.56 Å². The first kappa shape index (κ1) is 10.1. The standard InChI is InChI=1S/C8H8F2O2S/c1-3-12-8(11)5-4(2)13-7(10)6(5)9/h3H2,1-2H3. The Morgan fingerprint density at radius 3 is 2.54 bits per heavy atom. The number of hydrogen-bond acceptors (Lipinski definition) is 3. The van der Waals surface area contributed by atoms with Crippen LogP contribution in [0.2, 0.25) is 0 Å². The van der Waals surface area contributed by atoms with Gasteiger partial charge in [-0.3, -0.25) is 0 Å². The molecule has 1 rings (SSSR count). The van der Waals surface area contributed by atoms with Gasteiger partial charge in [-0.1, -0.05) is 0 Å². The van der Waals surface area contributed by atoms with Crippen LogP contribution >= 0.6 is 11.3 Å². The highest BCUT2D eigenvalue weighted by Crippen LogP contribution is 2.25. The molecule has 0 amide bonds. The molecule has 1 heterocycles. The summed E-state index contributed by atoms with van der Waals surface area (Å²) in [4.78, 5) is 11.4. The molecule has 0 aliphatic carbocycles. The van der Waals surface area contributed by atoms with Gasteiger partial charge in [0.05, 0.1) is 6.61 Å². The number of halogens is 2. The molecular formula is C8H8F2O2S. The fourth-order valence-corrected chi connectivity index (χ4v) is 1.66. The van der Waals surface area contributed by atoms with Gasteiger partial charge < -0.3 is 4.74 Å². The van der Waals surface area contributed by atoms with E-state index in [4.69, 9.17) is 0 Å². The Bertz CT molecular complexity index is 333. The predicted octanol–water partition coefficient (Wildman–Crippen LogP) is 2.51. The first-order valence-electron chi connectivity index (χ1n) is 3.69. The molecule has 2 nitrogen and oxygen atoms in total. The number of hydrogen-bond donors (Lipinski definition) is 0. The summed E-state index contributed by atoms with van der Waals surface area (Å²) in [6.45, 7) is 3.23. The molecule has 0 aliphatic rings. The van der Waals surface area contributed by atoms with Gasteiger partial charge >= 0.3 is 5.97 Å². The van der Waals surface area contributed by atoms with Crippen molar-refractivity contribution in [3.05, 3.63) is 21.4 Å². The third-order valence-corrected chi connectivity index (χ3v) is 2.34. The first-order chi connectivity index (χ1) is 6.07. The van der Waals surface area contributed by atoms with Crippen molar-refractivity contribution in [1.82, 2.24) is 0 Å². The normalized spacial score (nSPS) is 10.2. The number of rotatable bonds is 2. The lowest BCUT2D eigenvalue weighted by atomic mass is 10.2. The number of aryl methyl sites for hydroxylation is 1. The molecule has 1 aromatic heterocycles. The lowest BCUT2D eigenvalue weighted by molar-refractivity contribution is 0.0520. The smallest absolute Gasteiger partial charge is 0.342 e. The van der Waals surface area contributed by atoms with Crippen LogP contribution in [0.4, 0.5) is 8.78 Å². The Hall–Kier alpha value is -0.970. The van der Waals surface area contributed by atoms with E-state index in [0.29, 0.717) is 16.2 Å². The lowest BCUT2D eigenvalue weighted by Gasteiger charge is -1.99. The average molecular weight is 206 g/mol. The second kappa shape index (κ2) is 3.83. The van der Waals surface area contributed by atoms with Gasteiger partial charge in [0.2, 0.25) is 5.13 Å². The summed E-state index contributed by atoms with van der Waals surface area (Å²) in [6, 6.07) is 0. The van der Waals surface area contributed by atoms with Crippen LogP contribution in [-0.2, 0) is 4.74 Å². The van der Waals surface area contributed by atoms with E-state index in [9.17, 15) is 13.6 Å². The topological polar surface area (TPSA) is 26.3 Å². The van der Waals surface area contributed by atoms with Gasteiger partial charge in [0.15, 0.2) is 5.82 Å². The molecule has 0 spiro atoms. The zero-order valence-corrected chi connectivity index (χ0v) is 8.00. The van der Waals surface area contributed by atoms with E-state index in [1.807, 2.05) is 0 Å². The van der Waals surface area contributed by atoms with Crippen LogP contribution in [0.25, 0.3) is 0 Å². The Labute approximate surface area is 78.1 Å². The summed E-state index contributed by atoms with van der Waals surface area (Å²) in [6.07, 6.45) is 0. The van der Waals surface area contributed by atoms with E-state index in [0.717, 1.165) is 0 Å². The molecule has 1 aromatic rings. The zero-order chi connectivity index (χ0) is 10.0. The maximum atomic E-state index is 12.9. The van der Waals surface area contributed by atoms with Gasteiger partial charge in [0, 0.05) is 4.88 Å². The van der Waals surface area contributed by atoms with Crippen LogP contribution in [0.3, 0.4) is 0 Å². The fraction of sp³-hybridized carbons (Fsp3) is 0.375. The van der Waals surface area contributed by atoms with E-state index < -0.39 is 16.9 Å². The summed E-state index contributed by atoms with van der Waals surface area (Å²) in [5.41, 5.74) is -0.288. The second-order valence-corrected chi connectivity index (χ2v) is 3.52. The highest BCUT2D eigenvalue weighted by atomic mass is 32.1. The van der Waals surface area contributed by atoms with Crippen LogP contribution in [0.15, 0.2) is 0 Å². The molecule has 72 valence electrons. The third-order valence-electron chi connectivity index (χ3n) is 1.47. The molecule has 0 atom stereocenters. The highest BCUT2D eigenvalue weighted by Gasteiger charge is 2.22. The monoisotopic (exact) mass is 206 g/mol. The highest BCUT2D eigenvalue weighted by molar-refractivity contribution is 7.10. The lowest BCUT2D eigenvalue weighted by Crippen LogP contribution is -2.06. The average Bonchev–Trinajstić information content (AvgIpc) is 2.27. The molecule has 0 saturated carbocycles. The van der Waals surface area contributed by atoms with Crippen molar-refractivity contribution >= 4 is 17.3 Å². The molecule has 0 aliphatic heterocycles. The Morgan fingerprint density at radius 2 is 2.15 bits per heavy atom. The number of esters is 1. The van der Waals surface area contributed by atoms with Crippen LogP contribution in [0.1, 0.15) is 22.2 Å². The van der Waals surface area contributed by atoms with Crippen LogP contribution < -0.4 is 0 Å². The van der Waals surface area contributed by atoms with Crippen molar-refractivity contribution in [3.8, 4) is 0 Å². The predicted molar refractivity (Wildman–Crippen MR) is 44.9 cm³/mol. The van der Waals surface area contributed by atoms with Crippen molar-refractivity contribution in [2.75, 3.05) is 6.61 Å². The minimum absolute atomic E-state index is 0.148. The van der Waals surface area contributed by atoms with Gasteiger partial charge in [-0.2, -0.15) is 4.39 Å². The van der Waals surface area contributed by atoms with Gasteiger partial charge in [-0.25, -0.2) is 9.18 Å². The number of carbonyl (C=O) groups excluding carboxylic acids is 1. The minimum Gasteiger partial charge on any atom is -0.462 e. The van der Waals surface area contributed by atoms with Crippen molar-refractivity contribution in [1.29, 1.82) is 0 Å². The first-order valence-corrected chi connectivity index (χ1v) is 4.51. The molecule has 13 heavy (non-hydrogen) atoms. The van der Waals surface area contributed by atoms with Gasteiger partial charge in [-0.05, 0) is 13.8 Å². The fourth-order valence-electron chi connectivity index (χ4n) is 0.920. The van der Waals surface area contributed by atoms with Crippen LogP contribution in [0, 0.1) is 17.9 Å². The molecule has 5 heteroatoms. The van der Waals surface area contributed by atoms with E-state index >= 15 is 0 Å². The molecule has 0 radical (unpaired) electrons. The zero-order valence-electron chi connectivity index (χ0n) is 7.19. The van der Waals surface area contributed by atoms with Gasteiger partial charge in [0.25, 0.3) is 0 Å². The van der Waals surface area contributed by atoms with Crippen LogP contribution in [0.5, 0.6) is 0 Å². The largest absolute Gasteiger partial charge is 0.462 e. The van der Waals surface area contributed by atoms with E-state index in [2.05, 4.69) is 4.74 Å². The summed E-state index contributed by atoms with van der Waals surface area (Å²) in [5.74, 6) is -1.92. The summed E-state index contributed by atoms with van der Waals surface area (Å²) < 4.78 is 30.1. The van der Waals surface area contributed by atoms with Crippen molar-refractivity contribution in [3.63, 3.8) is 0 Å². The third kappa shape index (κ3) is 1.85. The molecule has 0 unspecified atom stereocenters.